The molecule has 5 heteroatoms. The molecule has 1 unspecified atom stereocenters. The van der Waals surface area contributed by atoms with Crippen molar-refractivity contribution >= 4 is 10.9 Å². The number of aromatic nitrogens is 2. The zero-order valence-electron chi connectivity index (χ0n) is 12.9. The van der Waals surface area contributed by atoms with Crippen LogP contribution < -0.4 is 5.32 Å². The predicted octanol–water partition coefficient (Wildman–Crippen LogP) is 1.38. The van der Waals surface area contributed by atoms with E-state index in [9.17, 15) is 0 Å². The molecule has 1 saturated heterocycles. The van der Waals surface area contributed by atoms with Gasteiger partial charge in [0.2, 0.25) is 0 Å². The molecule has 3 rings (SSSR count). The number of rotatable bonds is 5. The second-order valence-corrected chi connectivity index (χ2v) is 5.59. The summed E-state index contributed by atoms with van der Waals surface area (Å²) in [5, 5.41) is 9.40. The van der Waals surface area contributed by atoms with E-state index in [4.69, 9.17) is 9.84 Å². The molecule has 1 atom stereocenters. The normalized spacial score (nSPS) is 20.2. The van der Waals surface area contributed by atoms with Gasteiger partial charge in [-0.25, -0.2) is 0 Å². The summed E-state index contributed by atoms with van der Waals surface area (Å²) in [5.41, 5.74) is 2.36. The van der Waals surface area contributed by atoms with Crippen LogP contribution in [0.15, 0.2) is 24.3 Å². The number of nitrogens with one attached hydrogen (secondary N) is 1. The highest BCUT2D eigenvalue weighted by Crippen LogP contribution is 2.20. The first-order chi connectivity index (χ1) is 10.3. The van der Waals surface area contributed by atoms with E-state index in [2.05, 4.69) is 41.4 Å². The van der Waals surface area contributed by atoms with Gasteiger partial charge in [0.25, 0.3) is 0 Å². The molecule has 0 saturated carbocycles. The number of fused-ring (bicyclic) bond motifs is 1. The maximum atomic E-state index is 5.63. The number of ether oxygens (including phenoxy) is 1. The molecule has 114 valence electrons. The van der Waals surface area contributed by atoms with Crippen LogP contribution in [-0.2, 0) is 18.3 Å². The maximum absolute atomic E-state index is 5.63. The quantitative estimate of drug-likeness (QED) is 0.903. The topological polar surface area (TPSA) is 42.3 Å². The van der Waals surface area contributed by atoms with E-state index in [1.54, 1.807) is 0 Å². The summed E-state index contributed by atoms with van der Waals surface area (Å²) in [6.45, 7) is 7.59. The minimum absolute atomic E-state index is 0.430. The third-order valence-electron chi connectivity index (χ3n) is 4.17. The Bertz CT molecular complexity index is 595. The number of hydrogen-bond donors (Lipinski definition) is 1. The van der Waals surface area contributed by atoms with Crippen molar-refractivity contribution in [2.24, 2.45) is 7.05 Å². The number of likely N-dealkylation sites (N-methyl/N-ethyl adjacent to an activating group) is 1. The van der Waals surface area contributed by atoms with Gasteiger partial charge in [-0.1, -0.05) is 25.1 Å². The molecule has 1 fully saturated rings. The number of morpholine rings is 1. The van der Waals surface area contributed by atoms with Crippen molar-refractivity contribution in [2.75, 3.05) is 32.8 Å². The van der Waals surface area contributed by atoms with Crippen molar-refractivity contribution in [3.63, 3.8) is 0 Å². The molecule has 1 aliphatic heterocycles. The van der Waals surface area contributed by atoms with Crippen LogP contribution in [0.3, 0.4) is 0 Å². The van der Waals surface area contributed by atoms with E-state index < -0.39 is 0 Å². The average molecular weight is 288 g/mol. The second-order valence-electron chi connectivity index (χ2n) is 5.59. The van der Waals surface area contributed by atoms with Crippen LogP contribution in [0.5, 0.6) is 0 Å². The molecule has 5 nitrogen and oxygen atoms in total. The van der Waals surface area contributed by atoms with Gasteiger partial charge in [0.15, 0.2) is 0 Å². The first-order valence-corrected chi connectivity index (χ1v) is 7.72. The fourth-order valence-electron chi connectivity index (χ4n) is 2.99. The number of hydrogen-bond acceptors (Lipinski definition) is 4. The SMILES string of the molecule is CCNCC1COCCN1Cc1nn(C)c2ccccc12. The van der Waals surface area contributed by atoms with E-state index >= 15 is 0 Å². The molecule has 2 heterocycles. The van der Waals surface area contributed by atoms with Gasteiger partial charge in [0.1, 0.15) is 0 Å². The third kappa shape index (κ3) is 3.10. The number of benzene rings is 1. The number of nitrogens with zero attached hydrogens (tertiary/aromatic N) is 3. The lowest BCUT2D eigenvalue weighted by molar-refractivity contribution is -0.0111. The number of para-hydroxylation sites is 1. The molecule has 0 radical (unpaired) electrons. The van der Waals surface area contributed by atoms with Crippen molar-refractivity contribution in [3.8, 4) is 0 Å². The van der Waals surface area contributed by atoms with E-state index in [0.29, 0.717) is 6.04 Å². The largest absolute Gasteiger partial charge is 0.378 e. The molecular weight excluding hydrogens is 264 g/mol. The van der Waals surface area contributed by atoms with Crippen LogP contribution in [0.2, 0.25) is 0 Å². The van der Waals surface area contributed by atoms with Crippen molar-refractivity contribution in [1.82, 2.24) is 20.0 Å². The molecule has 0 bridgehead atoms. The van der Waals surface area contributed by atoms with Gasteiger partial charge in [-0.2, -0.15) is 5.10 Å². The molecule has 1 N–H and O–H groups in total. The highest BCUT2D eigenvalue weighted by Gasteiger charge is 2.24. The highest BCUT2D eigenvalue weighted by atomic mass is 16.5. The molecule has 1 aromatic carbocycles. The van der Waals surface area contributed by atoms with Gasteiger partial charge < -0.3 is 10.1 Å². The van der Waals surface area contributed by atoms with Crippen LogP contribution in [0.4, 0.5) is 0 Å². The summed E-state index contributed by atoms with van der Waals surface area (Å²) in [7, 11) is 2.02. The number of aryl methyl sites for hydroxylation is 1. The Labute approximate surface area is 125 Å². The van der Waals surface area contributed by atoms with E-state index in [1.165, 1.54) is 10.9 Å². The molecule has 0 aliphatic carbocycles. The van der Waals surface area contributed by atoms with E-state index in [-0.39, 0.29) is 0 Å². The van der Waals surface area contributed by atoms with Gasteiger partial charge in [-0.3, -0.25) is 9.58 Å². The van der Waals surface area contributed by atoms with Gasteiger partial charge >= 0.3 is 0 Å². The zero-order chi connectivity index (χ0) is 14.7. The standard InChI is InChI=1S/C16H24N4O/c1-3-17-10-13-12-21-9-8-20(13)11-15-14-6-4-5-7-16(14)19(2)18-15/h4-7,13,17H,3,8-12H2,1-2H3. The van der Waals surface area contributed by atoms with E-state index in [0.717, 1.165) is 45.1 Å². The van der Waals surface area contributed by atoms with Crippen LogP contribution in [0, 0.1) is 0 Å². The lowest BCUT2D eigenvalue weighted by atomic mass is 10.1. The monoisotopic (exact) mass is 288 g/mol. The summed E-state index contributed by atoms with van der Waals surface area (Å²) in [6, 6.07) is 8.87. The molecule has 0 amide bonds. The van der Waals surface area contributed by atoms with Gasteiger partial charge in [0.05, 0.1) is 24.4 Å². The lowest BCUT2D eigenvalue weighted by Gasteiger charge is -2.35. The summed E-state index contributed by atoms with van der Waals surface area (Å²) < 4.78 is 7.61. The zero-order valence-corrected chi connectivity index (χ0v) is 12.9. The summed E-state index contributed by atoms with van der Waals surface area (Å²) in [5.74, 6) is 0. The van der Waals surface area contributed by atoms with Crippen molar-refractivity contribution in [2.45, 2.75) is 19.5 Å². The van der Waals surface area contributed by atoms with Crippen LogP contribution in [0.25, 0.3) is 10.9 Å². The Morgan fingerprint density at radius 1 is 1.38 bits per heavy atom. The molecule has 21 heavy (non-hydrogen) atoms. The summed E-state index contributed by atoms with van der Waals surface area (Å²) in [6.07, 6.45) is 0. The molecule has 1 aromatic heterocycles. The molecule has 1 aliphatic rings. The van der Waals surface area contributed by atoms with Gasteiger partial charge in [0, 0.05) is 38.1 Å². The van der Waals surface area contributed by atoms with Crippen LogP contribution in [0.1, 0.15) is 12.6 Å². The smallest absolute Gasteiger partial charge is 0.0843 e. The first-order valence-electron chi connectivity index (χ1n) is 7.72. The Balaban J connectivity index is 1.79. The maximum Gasteiger partial charge on any atom is 0.0843 e. The molecule has 0 spiro atoms. The predicted molar refractivity (Wildman–Crippen MR) is 84.3 cm³/mol. The summed E-state index contributed by atoms with van der Waals surface area (Å²) in [4.78, 5) is 2.49. The highest BCUT2D eigenvalue weighted by molar-refractivity contribution is 5.81. The minimum atomic E-state index is 0.430. The van der Waals surface area contributed by atoms with Gasteiger partial charge in [-0.05, 0) is 12.6 Å². The average Bonchev–Trinajstić information content (AvgIpc) is 2.83. The van der Waals surface area contributed by atoms with Crippen LogP contribution in [-0.4, -0.2) is 53.6 Å². The Hall–Kier alpha value is -1.43. The van der Waals surface area contributed by atoms with Crippen LogP contribution >= 0.6 is 0 Å². The van der Waals surface area contributed by atoms with Crippen molar-refractivity contribution in [3.05, 3.63) is 30.0 Å². The Morgan fingerprint density at radius 2 is 2.24 bits per heavy atom. The Kier molecular flexibility index (Phi) is 4.53. The Morgan fingerprint density at radius 3 is 3.10 bits per heavy atom. The first kappa shape index (κ1) is 14.5. The van der Waals surface area contributed by atoms with Crippen molar-refractivity contribution < 1.29 is 4.74 Å². The fraction of sp³-hybridized carbons (Fsp3) is 0.562. The lowest BCUT2D eigenvalue weighted by Crippen LogP contribution is -2.49. The molecular formula is C16H24N4O. The molecule has 2 aromatic rings. The van der Waals surface area contributed by atoms with E-state index in [1.807, 2.05) is 11.7 Å². The third-order valence-corrected chi connectivity index (χ3v) is 4.17. The fourth-order valence-corrected chi connectivity index (χ4v) is 2.99. The second kappa shape index (κ2) is 6.56. The minimum Gasteiger partial charge on any atom is -0.378 e. The van der Waals surface area contributed by atoms with Crippen molar-refractivity contribution in [1.29, 1.82) is 0 Å². The van der Waals surface area contributed by atoms with Gasteiger partial charge in [-0.15, -0.1) is 0 Å². The summed E-state index contributed by atoms with van der Waals surface area (Å²) >= 11 is 0.